The van der Waals surface area contributed by atoms with Gasteiger partial charge in [0, 0.05) is 17.3 Å². The second-order valence-corrected chi connectivity index (χ2v) is 5.21. The van der Waals surface area contributed by atoms with E-state index in [0.29, 0.717) is 22.9 Å². The number of pyridine rings is 1. The Hall–Kier alpha value is -2.08. The summed E-state index contributed by atoms with van der Waals surface area (Å²) in [6.07, 6.45) is 0. The van der Waals surface area contributed by atoms with Gasteiger partial charge in [-0.05, 0) is 53.5 Å². The van der Waals surface area contributed by atoms with Crippen molar-refractivity contribution in [2.45, 2.75) is 13.8 Å². The number of hydrogen-bond donors (Lipinski definition) is 2. The molecule has 0 aliphatic heterocycles. The third-order valence-corrected chi connectivity index (χ3v) is 3.26. The molecule has 2 aromatic rings. The van der Waals surface area contributed by atoms with Crippen molar-refractivity contribution in [1.29, 1.82) is 0 Å². The summed E-state index contributed by atoms with van der Waals surface area (Å²) in [4.78, 5) is 4.27. The van der Waals surface area contributed by atoms with Crippen LogP contribution in [0.25, 0.3) is 0 Å². The summed E-state index contributed by atoms with van der Waals surface area (Å²) < 4.78 is 6.57. The summed E-state index contributed by atoms with van der Waals surface area (Å²) in [5, 5.41) is 11.7. The largest absolute Gasteiger partial charge is 0.438 e. The SMILES string of the molecule is Cc1ccc(Oc2cc(/C(N)=N/O)cc(C)n2)c(Br)c1. The number of aryl methyl sites for hydroxylation is 2. The number of nitrogens with two attached hydrogens (primary N) is 1. The third-order valence-electron chi connectivity index (χ3n) is 2.64. The predicted molar refractivity (Wildman–Crippen MR) is 80.4 cm³/mol. The van der Waals surface area contributed by atoms with Gasteiger partial charge < -0.3 is 15.7 Å². The fourth-order valence-electron chi connectivity index (χ4n) is 1.70. The number of nitrogens with zero attached hydrogens (tertiary/aromatic N) is 2. The van der Waals surface area contributed by atoms with Crippen molar-refractivity contribution in [3.8, 4) is 11.6 Å². The molecule has 6 heteroatoms. The summed E-state index contributed by atoms with van der Waals surface area (Å²) in [6.45, 7) is 3.81. The summed E-state index contributed by atoms with van der Waals surface area (Å²) in [7, 11) is 0. The number of halogens is 1. The van der Waals surface area contributed by atoms with E-state index in [-0.39, 0.29) is 5.84 Å². The molecule has 0 bridgehead atoms. The van der Waals surface area contributed by atoms with E-state index in [1.807, 2.05) is 32.0 Å². The molecule has 0 amide bonds. The molecule has 0 aliphatic carbocycles. The Balaban J connectivity index is 2.36. The van der Waals surface area contributed by atoms with Gasteiger partial charge in [-0.1, -0.05) is 11.2 Å². The van der Waals surface area contributed by atoms with Crippen molar-refractivity contribution < 1.29 is 9.94 Å². The molecule has 1 aromatic carbocycles. The monoisotopic (exact) mass is 335 g/mol. The minimum absolute atomic E-state index is 0.0170. The van der Waals surface area contributed by atoms with Crippen LogP contribution in [-0.4, -0.2) is 16.0 Å². The van der Waals surface area contributed by atoms with E-state index in [1.165, 1.54) is 0 Å². The first-order chi connectivity index (χ1) is 9.49. The third kappa shape index (κ3) is 3.27. The highest BCUT2D eigenvalue weighted by molar-refractivity contribution is 9.10. The molecule has 5 nitrogen and oxygen atoms in total. The van der Waals surface area contributed by atoms with Gasteiger partial charge in [-0.3, -0.25) is 0 Å². The van der Waals surface area contributed by atoms with E-state index < -0.39 is 0 Å². The van der Waals surface area contributed by atoms with E-state index in [0.717, 1.165) is 10.0 Å². The first kappa shape index (κ1) is 14.3. The highest BCUT2D eigenvalue weighted by Crippen LogP contribution is 2.30. The van der Waals surface area contributed by atoms with Crippen LogP contribution in [0.1, 0.15) is 16.8 Å². The Morgan fingerprint density at radius 3 is 2.70 bits per heavy atom. The second kappa shape index (κ2) is 5.92. The molecule has 0 spiro atoms. The molecule has 0 saturated heterocycles. The predicted octanol–water partition coefficient (Wildman–Crippen LogP) is 3.35. The Labute approximate surface area is 125 Å². The fraction of sp³-hybridized carbons (Fsp3) is 0.143. The maximum Gasteiger partial charge on any atom is 0.220 e. The zero-order valence-corrected chi connectivity index (χ0v) is 12.7. The summed E-state index contributed by atoms with van der Waals surface area (Å²) in [5.41, 5.74) is 7.98. The molecule has 1 aromatic heterocycles. The Bertz CT molecular complexity index is 671. The number of ether oxygens (including phenoxy) is 1. The lowest BCUT2D eigenvalue weighted by Gasteiger charge is -2.09. The maximum atomic E-state index is 8.73. The van der Waals surface area contributed by atoms with E-state index in [9.17, 15) is 0 Å². The maximum absolute atomic E-state index is 8.73. The van der Waals surface area contributed by atoms with Crippen LogP contribution in [0.5, 0.6) is 11.6 Å². The van der Waals surface area contributed by atoms with Gasteiger partial charge in [0.05, 0.1) is 4.47 Å². The van der Waals surface area contributed by atoms with Gasteiger partial charge in [0.1, 0.15) is 5.75 Å². The Morgan fingerprint density at radius 2 is 2.05 bits per heavy atom. The molecule has 2 rings (SSSR count). The van der Waals surface area contributed by atoms with E-state index in [1.54, 1.807) is 12.1 Å². The minimum atomic E-state index is 0.0170. The molecule has 0 unspecified atom stereocenters. The van der Waals surface area contributed by atoms with Gasteiger partial charge in [-0.25, -0.2) is 4.98 Å². The van der Waals surface area contributed by atoms with Gasteiger partial charge >= 0.3 is 0 Å². The lowest BCUT2D eigenvalue weighted by atomic mass is 10.2. The van der Waals surface area contributed by atoms with Gasteiger partial charge in [0.15, 0.2) is 5.84 Å². The average molecular weight is 336 g/mol. The normalized spacial score (nSPS) is 11.4. The zero-order chi connectivity index (χ0) is 14.7. The first-order valence-corrected chi connectivity index (χ1v) is 6.69. The molecule has 0 saturated carbocycles. The summed E-state index contributed by atoms with van der Waals surface area (Å²) >= 11 is 3.44. The number of benzene rings is 1. The quantitative estimate of drug-likeness (QED) is 0.390. The van der Waals surface area contributed by atoms with Crippen molar-refractivity contribution in [3.05, 3.63) is 51.6 Å². The van der Waals surface area contributed by atoms with Crippen molar-refractivity contribution in [2.24, 2.45) is 10.9 Å². The van der Waals surface area contributed by atoms with Crippen LogP contribution in [0.2, 0.25) is 0 Å². The number of hydrogen-bond acceptors (Lipinski definition) is 4. The Morgan fingerprint density at radius 1 is 1.30 bits per heavy atom. The molecular weight excluding hydrogens is 322 g/mol. The number of aromatic nitrogens is 1. The van der Waals surface area contributed by atoms with Gasteiger partial charge in [-0.15, -0.1) is 0 Å². The summed E-state index contributed by atoms with van der Waals surface area (Å²) in [6, 6.07) is 9.09. The molecule has 0 fully saturated rings. The van der Waals surface area contributed by atoms with E-state index in [4.69, 9.17) is 15.7 Å². The highest BCUT2D eigenvalue weighted by Gasteiger charge is 2.08. The fourth-order valence-corrected chi connectivity index (χ4v) is 2.27. The molecule has 1 heterocycles. The molecule has 3 N–H and O–H groups in total. The van der Waals surface area contributed by atoms with E-state index in [2.05, 4.69) is 26.1 Å². The zero-order valence-electron chi connectivity index (χ0n) is 11.1. The summed E-state index contributed by atoms with van der Waals surface area (Å²) in [5.74, 6) is 1.05. The van der Waals surface area contributed by atoms with Gasteiger partial charge in [0.25, 0.3) is 0 Å². The highest BCUT2D eigenvalue weighted by atomic mass is 79.9. The van der Waals surface area contributed by atoms with Crippen molar-refractivity contribution in [1.82, 2.24) is 4.98 Å². The second-order valence-electron chi connectivity index (χ2n) is 4.36. The van der Waals surface area contributed by atoms with Crippen molar-refractivity contribution in [2.75, 3.05) is 0 Å². The van der Waals surface area contributed by atoms with Gasteiger partial charge in [-0.2, -0.15) is 0 Å². The molecule has 0 atom stereocenters. The lowest BCUT2D eigenvalue weighted by Crippen LogP contribution is -2.13. The van der Waals surface area contributed by atoms with Crippen LogP contribution < -0.4 is 10.5 Å². The van der Waals surface area contributed by atoms with Crippen molar-refractivity contribution >= 4 is 21.8 Å². The standard InChI is InChI=1S/C14H14BrN3O2/c1-8-3-4-12(11(15)5-8)20-13-7-10(14(16)18-19)6-9(2)17-13/h3-7,19H,1-2H3,(H2,16,18). The van der Waals surface area contributed by atoms with Crippen molar-refractivity contribution in [3.63, 3.8) is 0 Å². The number of rotatable bonds is 3. The minimum Gasteiger partial charge on any atom is -0.438 e. The lowest BCUT2D eigenvalue weighted by molar-refractivity contribution is 0.318. The average Bonchev–Trinajstić information content (AvgIpc) is 2.40. The number of amidine groups is 1. The van der Waals surface area contributed by atoms with Crippen LogP contribution in [0, 0.1) is 13.8 Å². The van der Waals surface area contributed by atoms with Crippen LogP contribution in [0.3, 0.4) is 0 Å². The van der Waals surface area contributed by atoms with Crippen LogP contribution in [-0.2, 0) is 0 Å². The molecular formula is C14H14BrN3O2. The molecule has 0 aliphatic rings. The van der Waals surface area contributed by atoms with Crippen LogP contribution in [0.4, 0.5) is 0 Å². The smallest absolute Gasteiger partial charge is 0.220 e. The Kier molecular flexibility index (Phi) is 4.24. The topological polar surface area (TPSA) is 80.7 Å². The van der Waals surface area contributed by atoms with Crippen LogP contribution >= 0.6 is 15.9 Å². The first-order valence-electron chi connectivity index (χ1n) is 5.90. The van der Waals surface area contributed by atoms with Crippen LogP contribution in [0.15, 0.2) is 40.0 Å². The van der Waals surface area contributed by atoms with E-state index >= 15 is 0 Å². The molecule has 20 heavy (non-hydrogen) atoms. The number of oxime groups is 1. The molecule has 0 radical (unpaired) electrons. The molecule has 104 valence electrons. The van der Waals surface area contributed by atoms with Gasteiger partial charge in [0.2, 0.25) is 5.88 Å².